The number of nitrogens with zero attached hydrogens (tertiary/aromatic N) is 3. The maximum absolute atomic E-state index is 13.2. The minimum Gasteiger partial charge on any atom is -0.623 e. The van der Waals surface area contributed by atoms with E-state index in [9.17, 15) is 9.60 Å². The van der Waals surface area contributed by atoms with Crippen LogP contribution in [0.5, 0.6) is 0 Å². The zero-order valence-corrected chi connectivity index (χ0v) is 12.5. The van der Waals surface area contributed by atoms with Gasteiger partial charge in [-0.1, -0.05) is 30.3 Å². The first-order valence-electron chi connectivity index (χ1n) is 7.28. The normalized spacial score (nSPS) is 12.0. The number of aromatic nitrogens is 2. The zero-order valence-electron chi connectivity index (χ0n) is 12.5. The Hall–Kier alpha value is -2.95. The Bertz CT molecular complexity index is 781. The molecule has 0 fully saturated rings. The van der Waals surface area contributed by atoms with Crippen LogP contribution in [-0.2, 0) is 13.1 Å². The van der Waals surface area contributed by atoms with Gasteiger partial charge in [-0.2, -0.15) is 0 Å². The lowest BCUT2D eigenvalue weighted by molar-refractivity contribution is -0.475. The van der Waals surface area contributed by atoms with Gasteiger partial charge in [-0.15, -0.1) is 0 Å². The molecule has 0 radical (unpaired) electrons. The molecule has 0 saturated heterocycles. The van der Waals surface area contributed by atoms with E-state index >= 15 is 0 Å². The fourth-order valence-electron chi connectivity index (χ4n) is 2.35. The number of hydroxylamine groups is 1. The van der Waals surface area contributed by atoms with Crippen LogP contribution in [0.15, 0.2) is 73.3 Å². The maximum Gasteiger partial charge on any atom is 0.214 e. The molecule has 1 aromatic heterocycles. The van der Waals surface area contributed by atoms with Gasteiger partial charge >= 0.3 is 0 Å². The Morgan fingerprint density at radius 3 is 2.48 bits per heavy atom. The van der Waals surface area contributed by atoms with Gasteiger partial charge in [-0.05, 0) is 24.3 Å². The van der Waals surface area contributed by atoms with Crippen molar-refractivity contribution in [2.45, 2.75) is 13.1 Å². The van der Waals surface area contributed by atoms with Crippen molar-refractivity contribution in [3.05, 3.63) is 95.5 Å². The van der Waals surface area contributed by atoms with Crippen LogP contribution in [0.1, 0.15) is 11.1 Å². The van der Waals surface area contributed by atoms with Crippen molar-refractivity contribution in [3.63, 3.8) is 0 Å². The van der Waals surface area contributed by atoms with Gasteiger partial charge in [-0.25, -0.2) is 14.1 Å². The van der Waals surface area contributed by atoms with Crippen molar-refractivity contribution in [2.24, 2.45) is 0 Å². The monoisotopic (exact) mass is 309 g/mol. The van der Waals surface area contributed by atoms with Crippen LogP contribution in [-0.4, -0.2) is 20.0 Å². The molecule has 0 saturated carbocycles. The molecule has 4 nitrogen and oxygen atoms in total. The Kier molecular flexibility index (Phi) is 4.47. The summed E-state index contributed by atoms with van der Waals surface area (Å²) in [6, 6.07) is 15.5. The smallest absolute Gasteiger partial charge is 0.214 e. The van der Waals surface area contributed by atoms with Crippen molar-refractivity contribution in [1.82, 2.24) is 9.55 Å². The second-order valence-corrected chi connectivity index (χ2v) is 5.21. The molecule has 0 aliphatic rings. The number of imidazole rings is 1. The summed E-state index contributed by atoms with van der Waals surface area (Å²) in [6.07, 6.45) is 5.11. The van der Waals surface area contributed by atoms with E-state index in [4.69, 9.17) is 0 Å². The molecule has 0 aliphatic heterocycles. The quantitative estimate of drug-likeness (QED) is 0.314. The molecular formula is C18H16FN3O. The van der Waals surface area contributed by atoms with Crippen LogP contribution in [0.25, 0.3) is 0 Å². The van der Waals surface area contributed by atoms with Gasteiger partial charge in [0.25, 0.3) is 0 Å². The highest BCUT2D eigenvalue weighted by Gasteiger charge is 2.14. The van der Waals surface area contributed by atoms with E-state index in [1.54, 1.807) is 30.9 Å². The second-order valence-electron chi connectivity index (χ2n) is 5.21. The Labute approximate surface area is 133 Å². The molecule has 0 spiro atoms. The van der Waals surface area contributed by atoms with E-state index in [0.29, 0.717) is 17.8 Å². The first-order chi connectivity index (χ1) is 11.2. The number of halogens is 1. The van der Waals surface area contributed by atoms with Gasteiger partial charge in [-0.3, -0.25) is 0 Å². The Morgan fingerprint density at radius 1 is 1.09 bits per heavy atom. The van der Waals surface area contributed by atoms with Crippen LogP contribution in [0.2, 0.25) is 0 Å². The zero-order chi connectivity index (χ0) is 16.1. The fraction of sp³-hybridized carbons (Fsp3) is 0.111. The van der Waals surface area contributed by atoms with Gasteiger partial charge in [0.15, 0.2) is 6.54 Å². The van der Waals surface area contributed by atoms with E-state index in [2.05, 4.69) is 4.98 Å². The summed E-state index contributed by atoms with van der Waals surface area (Å²) < 4.78 is 15.9. The first-order valence-corrected chi connectivity index (χ1v) is 7.28. The maximum atomic E-state index is 13.2. The molecule has 2 aromatic carbocycles. The van der Waals surface area contributed by atoms with Gasteiger partial charge in [0, 0.05) is 23.5 Å². The topological polar surface area (TPSA) is 43.9 Å². The molecule has 23 heavy (non-hydrogen) atoms. The first kappa shape index (κ1) is 15.0. The van der Waals surface area contributed by atoms with Crippen LogP contribution >= 0.6 is 0 Å². The highest BCUT2D eigenvalue weighted by atomic mass is 19.1. The second kappa shape index (κ2) is 6.87. The van der Waals surface area contributed by atoms with E-state index in [1.807, 2.05) is 34.9 Å². The molecule has 0 bridgehead atoms. The van der Waals surface area contributed by atoms with Crippen LogP contribution in [0.3, 0.4) is 0 Å². The van der Waals surface area contributed by atoms with Gasteiger partial charge < -0.3 is 9.77 Å². The van der Waals surface area contributed by atoms with Gasteiger partial charge in [0.05, 0.1) is 6.33 Å². The minimum absolute atomic E-state index is 0.238. The predicted octanol–water partition coefficient (Wildman–Crippen LogP) is 3.22. The van der Waals surface area contributed by atoms with E-state index in [1.165, 1.54) is 12.1 Å². The number of hydrogen-bond acceptors (Lipinski definition) is 2. The summed E-state index contributed by atoms with van der Waals surface area (Å²) in [7, 11) is 0. The summed E-state index contributed by atoms with van der Waals surface area (Å²) in [5.41, 5.74) is 2.19. The van der Waals surface area contributed by atoms with E-state index in [0.717, 1.165) is 10.3 Å². The predicted molar refractivity (Wildman–Crippen MR) is 86.5 cm³/mol. The molecule has 5 heteroatoms. The molecule has 116 valence electrons. The summed E-state index contributed by atoms with van der Waals surface area (Å²) in [4.78, 5) is 4.00. The van der Waals surface area contributed by atoms with E-state index < -0.39 is 0 Å². The third kappa shape index (κ3) is 3.83. The molecule has 3 aromatic rings. The van der Waals surface area contributed by atoms with Crippen molar-refractivity contribution >= 4 is 5.71 Å². The molecule has 1 heterocycles. The number of benzene rings is 2. The number of hydrogen-bond donors (Lipinski definition) is 0. The van der Waals surface area contributed by atoms with E-state index in [-0.39, 0.29) is 12.4 Å². The number of rotatable bonds is 5. The molecule has 0 aliphatic carbocycles. The Balaban J connectivity index is 1.95. The van der Waals surface area contributed by atoms with Gasteiger partial charge in [0.1, 0.15) is 12.4 Å². The summed E-state index contributed by atoms with van der Waals surface area (Å²) in [5.74, 6) is -0.323. The molecular weight excluding hydrogens is 293 g/mol. The summed E-state index contributed by atoms with van der Waals surface area (Å²) >= 11 is 0. The van der Waals surface area contributed by atoms with Crippen LogP contribution < -0.4 is 0 Å². The van der Waals surface area contributed by atoms with Crippen LogP contribution in [0, 0.1) is 11.0 Å². The van der Waals surface area contributed by atoms with Crippen LogP contribution in [0.4, 0.5) is 4.39 Å². The summed E-state index contributed by atoms with van der Waals surface area (Å²) in [6.45, 7) is 0.615. The molecule has 3 rings (SSSR count). The molecule has 0 unspecified atom stereocenters. The standard InChI is InChI=1S/C18H16FN3O/c19-17-8-6-16(7-9-17)18(13-21-11-10-20-14-21)22(23)12-15-4-2-1-3-5-15/h1-11,14H,12-13H2. The molecule has 0 N–H and O–H groups in total. The lowest BCUT2D eigenvalue weighted by Gasteiger charge is -2.12. The van der Waals surface area contributed by atoms with Crippen molar-refractivity contribution < 1.29 is 9.13 Å². The van der Waals surface area contributed by atoms with Crippen molar-refractivity contribution in [2.75, 3.05) is 0 Å². The highest BCUT2D eigenvalue weighted by molar-refractivity contribution is 5.96. The average molecular weight is 309 g/mol. The summed E-state index contributed by atoms with van der Waals surface area (Å²) in [5, 5.41) is 12.7. The highest BCUT2D eigenvalue weighted by Crippen LogP contribution is 2.09. The lowest BCUT2D eigenvalue weighted by atomic mass is 10.1. The molecule has 0 atom stereocenters. The SMILES string of the molecule is [O-][N+](Cc1ccccc1)=C(Cn1ccnc1)c1ccc(F)cc1. The molecule has 0 amide bonds. The third-order valence-electron chi connectivity index (χ3n) is 3.54. The lowest BCUT2D eigenvalue weighted by Crippen LogP contribution is -2.22. The third-order valence-corrected chi connectivity index (χ3v) is 3.54. The fourth-order valence-corrected chi connectivity index (χ4v) is 2.35. The average Bonchev–Trinajstić information content (AvgIpc) is 3.08. The largest absolute Gasteiger partial charge is 0.623 e. The van der Waals surface area contributed by atoms with Crippen molar-refractivity contribution in [3.8, 4) is 0 Å². The van der Waals surface area contributed by atoms with Crippen molar-refractivity contribution in [1.29, 1.82) is 0 Å². The Morgan fingerprint density at radius 2 is 1.83 bits per heavy atom. The minimum atomic E-state index is -0.323. The van der Waals surface area contributed by atoms with Gasteiger partial charge in [0.2, 0.25) is 5.71 Å².